The molecule has 0 aliphatic rings. The van der Waals surface area contributed by atoms with E-state index in [2.05, 4.69) is 35.9 Å². The van der Waals surface area contributed by atoms with Gasteiger partial charge in [0.15, 0.2) is 5.82 Å². The van der Waals surface area contributed by atoms with Crippen LogP contribution in [0.15, 0.2) is 48.8 Å². The fourth-order valence-electron chi connectivity index (χ4n) is 4.12. The zero-order chi connectivity index (χ0) is 23.8. The molecule has 0 spiro atoms. The molecule has 1 aromatic carbocycles. The number of aromatic nitrogens is 2. The molecule has 0 unspecified atom stereocenters. The summed E-state index contributed by atoms with van der Waals surface area (Å²) in [6.45, 7) is 5.30. The van der Waals surface area contributed by atoms with Crippen molar-refractivity contribution in [1.29, 1.82) is 0 Å². The Hall–Kier alpha value is -2.20. The van der Waals surface area contributed by atoms with Crippen LogP contribution in [-0.2, 0) is 6.42 Å². The summed E-state index contributed by atoms with van der Waals surface area (Å²) in [5, 5.41) is 0. The lowest BCUT2D eigenvalue weighted by atomic mass is 10.1. The van der Waals surface area contributed by atoms with E-state index in [1.165, 1.54) is 86.8 Å². The number of ether oxygens (including phenoxy) is 1. The van der Waals surface area contributed by atoms with Gasteiger partial charge < -0.3 is 4.74 Å². The molecule has 0 aliphatic carbocycles. The van der Waals surface area contributed by atoms with Crippen LogP contribution >= 0.6 is 11.3 Å². The molecular weight excluding hydrogens is 436 g/mol. The van der Waals surface area contributed by atoms with Gasteiger partial charge in [0.1, 0.15) is 5.75 Å². The van der Waals surface area contributed by atoms with Crippen molar-refractivity contribution in [1.82, 2.24) is 9.97 Å². The smallest absolute Gasteiger partial charge is 0.159 e. The van der Waals surface area contributed by atoms with Gasteiger partial charge in [0, 0.05) is 33.3 Å². The van der Waals surface area contributed by atoms with Gasteiger partial charge in [0.05, 0.1) is 6.61 Å². The minimum Gasteiger partial charge on any atom is -0.494 e. The maximum atomic E-state index is 5.87. The first kappa shape index (κ1) is 26.4. The van der Waals surface area contributed by atoms with E-state index in [1.54, 1.807) is 0 Å². The summed E-state index contributed by atoms with van der Waals surface area (Å²) in [5.41, 5.74) is 2.12. The number of benzene rings is 1. The van der Waals surface area contributed by atoms with Gasteiger partial charge in [0.2, 0.25) is 0 Å². The molecule has 184 valence electrons. The first-order valence-electron chi connectivity index (χ1n) is 13.4. The van der Waals surface area contributed by atoms with Gasteiger partial charge >= 0.3 is 0 Å². The molecule has 4 heteroatoms. The van der Waals surface area contributed by atoms with Crippen molar-refractivity contribution in [3.8, 4) is 27.6 Å². The topological polar surface area (TPSA) is 35.0 Å². The van der Waals surface area contributed by atoms with Crippen LogP contribution in [0.3, 0.4) is 0 Å². The first-order chi connectivity index (χ1) is 16.8. The molecule has 0 N–H and O–H groups in total. The fraction of sp³-hybridized carbons (Fsp3) is 0.533. The van der Waals surface area contributed by atoms with Gasteiger partial charge in [0.25, 0.3) is 0 Å². The molecule has 2 heterocycles. The van der Waals surface area contributed by atoms with Crippen molar-refractivity contribution < 1.29 is 4.74 Å². The Kier molecular flexibility index (Phi) is 12.2. The molecule has 0 fully saturated rings. The van der Waals surface area contributed by atoms with Gasteiger partial charge in [-0.3, -0.25) is 0 Å². The Morgan fingerprint density at radius 2 is 1.26 bits per heavy atom. The molecule has 0 saturated carbocycles. The minimum atomic E-state index is 0.759. The highest BCUT2D eigenvalue weighted by molar-refractivity contribution is 7.15. The van der Waals surface area contributed by atoms with Crippen molar-refractivity contribution in [3.05, 3.63) is 53.7 Å². The molecule has 0 aliphatic heterocycles. The molecule has 0 radical (unpaired) electrons. The number of thiophene rings is 1. The molecule has 0 saturated heterocycles. The van der Waals surface area contributed by atoms with E-state index in [1.807, 2.05) is 48.0 Å². The average molecular weight is 479 g/mol. The lowest BCUT2D eigenvalue weighted by molar-refractivity contribution is 0.304. The molecule has 2 aromatic heterocycles. The lowest BCUT2D eigenvalue weighted by Crippen LogP contribution is -1.97. The molecule has 3 rings (SSSR count). The number of unbranched alkanes of at least 4 members (excludes halogenated alkanes) is 10. The Balaban J connectivity index is 1.43. The quantitative estimate of drug-likeness (QED) is 0.181. The highest BCUT2D eigenvalue weighted by atomic mass is 32.1. The maximum absolute atomic E-state index is 5.87. The van der Waals surface area contributed by atoms with Gasteiger partial charge in [-0.15, -0.1) is 11.3 Å². The Morgan fingerprint density at radius 1 is 0.647 bits per heavy atom. The SMILES string of the molecule is CCCCCCCCCc1ccc(-c2cnc(-c3ccc(OCCCCCCC)cc3)nc2)s1. The van der Waals surface area contributed by atoms with Crippen LogP contribution in [-0.4, -0.2) is 16.6 Å². The van der Waals surface area contributed by atoms with Crippen LogP contribution in [0.4, 0.5) is 0 Å². The summed E-state index contributed by atoms with van der Waals surface area (Å²) in [6, 6.07) is 12.6. The predicted molar refractivity (Wildman–Crippen MR) is 147 cm³/mol. The summed E-state index contributed by atoms with van der Waals surface area (Å²) in [4.78, 5) is 12.0. The zero-order valence-corrected chi connectivity index (χ0v) is 22.0. The summed E-state index contributed by atoms with van der Waals surface area (Å²) >= 11 is 1.88. The van der Waals surface area contributed by atoms with Crippen molar-refractivity contribution in [2.75, 3.05) is 6.61 Å². The third kappa shape index (κ3) is 9.21. The summed E-state index contributed by atoms with van der Waals surface area (Å²) in [7, 11) is 0. The highest BCUT2D eigenvalue weighted by Crippen LogP contribution is 2.29. The number of hydrogen-bond acceptors (Lipinski definition) is 4. The Morgan fingerprint density at radius 3 is 1.94 bits per heavy atom. The first-order valence-corrected chi connectivity index (χ1v) is 14.3. The van der Waals surface area contributed by atoms with Crippen molar-refractivity contribution >= 4 is 11.3 Å². The van der Waals surface area contributed by atoms with E-state index in [9.17, 15) is 0 Å². The van der Waals surface area contributed by atoms with Crippen molar-refractivity contribution in [2.45, 2.75) is 97.3 Å². The van der Waals surface area contributed by atoms with Gasteiger partial charge in [-0.25, -0.2) is 9.97 Å². The lowest BCUT2D eigenvalue weighted by Gasteiger charge is -2.07. The fourth-order valence-corrected chi connectivity index (χ4v) is 5.15. The summed E-state index contributed by atoms with van der Waals surface area (Å²) in [5.74, 6) is 1.68. The Bertz CT molecular complexity index is 918. The van der Waals surface area contributed by atoms with Crippen LogP contribution in [0.5, 0.6) is 5.75 Å². The van der Waals surface area contributed by atoms with Gasteiger partial charge in [-0.05, 0) is 55.7 Å². The molecule has 0 amide bonds. The molecule has 3 nitrogen and oxygen atoms in total. The highest BCUT2D eigenvalue weighted by Gasteiger charge is 2.07. The van der Waals surface area contributed by atoms with E-state index in [-0.39, 0.29) is 0 Å². The van der Waals surface area contributed by atoms with Crippen LogP contribution in [0.1, 0.15) is 95.8 Å². The minimum absolute atomic E-state index is 0.759. The monoisotopic (exact) mass is 478 g/mol. The van der Waals surface area contributed by atoms with E-state index >= 15 is 0 Å². The van der Waals surface area contributed by atoms with Crippen molar-refractivity contribution in [2.24, 2.45) is 0 Å². The van der Waals surface area contributed by atoms with Crippen LogP contribution in [0, 0.1) is 0 Å². The number of hydrogen-bond donors (Lipinski definition) is 0. The summed E-state index contributed by atoms with van der Waals surface area (Å²) in [6.07, 6.45) is 20.9. The van der Waals surface area contributed by atoms with Crippen LogP contribution < -0.4 is 4.74 Å². The second kappa shape index (κ2) is 15.7. The standard InChI is InChI=1S/C30H42N2OS/c1-3-5-7-9-10-11-13-15-28-20-21-29(34-28)26-23-31-30(32-24-26)25-16-18-27(19-17-25)33-22-14-12-8-6-4-2/h16-21,23-24H,3-15,22H2,1-2H3. The van der Waals surface area contributed by atoms with E-state index in [4.69, 9.17) is 4.74 Å². The molecule has 0 bridgehead atoms. The van der Waals surface area contributed by atoms with E-state index in [0.29, 0.717) is 0 Å². The van der Waals surface area contributed by atoms with Crippen LogP contribution in [0.2, 0.25) is 0 Å². The third-order valence-electron chi connectivity index (χ3n) is 6.25. The zero-order valence-electron chi connectivity index (χ0n) is 21.2. The van der Waals surface area contributed by atoms with Crippen LogP contribution in [0.25, 0.3) is 21.8 Å². The van der Waals surface area contributed by atoms with E-state index < -0.39 is 0 Å². The second-order valence-electron chi connectivity index (χ2n) is 9.22. The van der Waals surface area contributed by atoms with Crippen molar-refractivity contribution in [3.63, 3.8) is 0 Å². The van der Waals surface area contributed by atoms with E-state index in [0.717, 1.165) is 35.7 Å². The Labute approximate surface area is 211 Å². The molecule has 0 atom stereocenters. The molecule has 34 heavy (non-hydrogen) atoms. The van der Waals surface area contributed by atoms with Gasteiger partial charge in [-0.1, -0.05) is 78.1 Å². The molecular formula is C30H42N2OS. The maximum Gasteiger partial charge on any atom is 0.159 e. The third-order valence-corrected chi connectivity index (χ3v) is 7.45. The molecule has 3 aromatic rings. The predicted octanol–water partition coefficient (Wildman–Crippen LogP) is 9.51. The number of aryl methyl sites for hydroxylation is 1. The summed E-state index contributed by atoms with van der Waals surface area (Å²) < 4.78 is 5.87. The average Bonchev–Trinajstić information content (AvgIpc) is 3.35. The largest absolute Gasteiger partial charge is 0.494 e. The number of nitrogens with zero attached hydrogens (tertiary/aromatic N) is 2. The second-order valence-corrected chi connectivity index (χ2v) is 10.4. The normalized spacial score (nSPS) is 11.1. The van der Waals surface area contributed by atoms with Gasteiger partial charge in [-0.2, -0.15) is 0 Å². The number of rotatable bonds is 17.